The fraction of sp³-hybridized carbons (Fsp3) is 0.333. The third-order valence-electron chi connectivity index (χ3n) is 5.82. The van der Waals surface area contributed by atoms with E-state index in [4.69, 9.17) is 4.74 Å². The van der Waals surface area contributed by atoms with Crippen LogP contribution in [0.15, 0.2) is 72.8 Å². The highest BCUT2D eigenvalue weighted by Crippen LogP contribution is 2.36. The van der Waals surface area contributed by atoms with E-state index in [2.05, 4.69) is 85.0 Å². The highest BCUT2D eigenvalue weighted by Gasteiger charge is 2.34. The zero-order valence-corrected chi connectivity index (χ0v) is 15.4. The smallest absolute Gasteiger partial charge is 0.0803 e. The van der Waals surface area contributed by atoms with Crippen LogP contribution in [0.5, 0.6) is 0 Å². The van der Waals surface area contributed by atoms with Gasteiger partial charge >= 0.3 is 0 Å². The molecule has 3 aromatic carbocycles. The summed E-state index contributed by atoms with van der Waals surface area (Å²) in [6.07, 6.45) is 2.33. The summed E-state index contributed by atoms with van der Waals surface area (Å²) in [7, 11) is 0. The average molecular weight is 345 g/mol. The van der Waals surface area contributed by atoms with Gasteiger partial charge in [-0.25, -0.2) is 0 Å². The zero-order chi connectivity index (χ0) is 17.8. The molecule has 0 saturated carbocycles. The highest BCUT2D eigenvalue weighted by atomic mass is 16.5. The Morgan fingerprint density at radius 2 is 1.58 bits per heavy atom. The largest absolute Gasteiger partial charge is 0.373 e. The van der Waals surface area contributed by atoms with Gasteiger partial charge in [0, 0.05) is 5.41 Å². The van der Waals surface area contributed by atoms with E-state index in [9.17, 15) is 0 Å². The maximum absolute atomic E-state index is 6.51. The molecule has 2 nitrogen and oxygen atoms in total. The molecular weight excluding hydrogens is 318 g/mol. The Hall–Kier alpha value is -2.16. The number of rotatable bonds is 5. The average Bonchev–Trinajstić information content (AvgIpc) is 2.73. The minimum atomic E-state index is 0.0802. The maximum Gasteiger partial charge on any atom is 0.0803 e. The van der Waals surface area contributed by atoms with Crippen LogP contribution in [0.25, 0.3) is 10.8 Å². The number of benzene rings is 3. The third-order valence-corrected chi connectivity index (χ3v) is 5.82. The number of piperidine rings is 1. The van der Waals surface area contributed by atoms with E-state index in [0.29, 0.717) is 0 Å². The molecule has 2 heteroatoms. The summed E-state index contributed by atoms with van der Waals surface area (Å²) in [6.45, 7) is 5.06. The summed E-state index contributed by atoms with van der Waals surface area (Å²) in [6, 6.07) is 26.0. The lowest BCUT2D eigenvalue weighted by Crippen LogP contribution is -2.43. The van der Waals surface area contributed by atoms with E-state index >= 15 is 0 Å². The second kappa shape index (κ2) is 7.61. The van der Waals surface area contributed by atoms with Gasteiger partial charge in [0.15, 0.2) is 0 Å². The van der Waals surface area contributed by atoms with Crippen LogP contribution in [0.1, 0.15) is 37.0 Å². The Bertz CT molecular complexity index is 847. The SMILES string of the molecule is CC(OCC1(c2ccccc2)CCNCC1)c1cccc2ccccc12. The Labute approximate surface area is 156 Å². The predicted molar refractivity (Wildman–Crippen MR) is 109 cm³/mol. The van der Waals surface area contributed by atoms with Gasteiger partial charge in [0.2, 0.25) is 0 Å². The minimum Gasteiger partial charge on any atom is -0.373 e. The Balaban J connectivity index is 1.57. The van der Waals surface area contributed by atoms with Crippen LogP contribution >= 0.6 is 0 Å². The summed E-state index contributed by atoms with van der Waals surface area (Å²) in [5, 5.41) is 6.07. The summed E-state index contributed by atoms with van der Waals surface area (Å²) < 4.78 is 6.51. The van der Waals surface area contributed by atoms with Crippen LogP contribution < -0.4 is 5.32 Å². The Kier molecular flexibility index (Phi) is 5.05. The van der Waals surface area contributed by atoms with Gasteiger partial charge in [0.1, 0.15) is 0 Å². The quantitative estimate of drug-likeness (QED) is 0.683. The molecule has 26 heavy (non-hydrogen) atoms. The van der Waals surface area contributed by atoms with Crippen LogP contribution in [0.3, 0.4) is 0 Å². The van der Waals surface area contributed by atoms with Gasteiger partial charge in [-0.15, -0.1) is 0 Å². The molecule has 1 atom stereocenters. The molecule has 3 aromatic rings. The monoisotopic (exact) mass is 345 g/mol. The third kappa shape index (κ3) is 3.40. The molecule has 1 aliphatic heterocycles. The fourth-order valence-electron chi connectivity index (χ4n) is 4.19. The van der Waals surface area contributed by atoms with Gasteiger partial charge in [0.05, 0.1) is 12.7 Å². The van der Waals surface area contributed by atoms with Crippen molar-refractivity contribution < 1.29 is 4.74 Å². The van der Waals surface area contributed by atoms with E-state index in [-0.39, 0.29) is 11.5 Å². The van der Waals surface area contributed by atoms with Crippen molar-refractivity contribution in [1.82, 2.24) is 5.32 Å². The van der Waals surface area contributed by atoms with Crippen LogP contribution in [-0.2, 0) is 10.2 Å². The zero-order valence-electron chi connectivity index (χ0n) is 15.4. The normalized spacial score (nSPS) is 17.9. The molecule has 0 aliphatic carbocycles. The molecule has 1 aliphatic rings. The Morgan fingerprint density at radius 3 is 2.38 bits per heavy atom. The van der Waals surface area contributed by atoms with Crippen molar-refractivity contribution >= 4 is 10.8 Å². The van der Waals surface area contributed by atoms with E-state index in [1.807, 2.05) is 0 Å². The molecule has 1 unspecified atom stereocenters. The lowest BCUT2D eigenvalue weighted by Gasteiger charge is -2.39. The van der Waals surface area contributed by atoms with Crippen LogP contribution in [0, 0.1) is 0 Å². The number of ether oxygens (including phenoxy) is 1. The van der Waals surface area contributed by atoms with Gasteiger partial charge in [0.25, 0.3) is 0 Å². The van der Waals surface area contributed by atoms with Crippen molar-refractivity contribution in [2.75, 3.05) is 19.7 Å². The summed E-state index contributed by atoms with van der Waals surface area (Å²) in [4.78, 5) is 0. The number of nitrogens with one attached hydrogen (secondary N) is 1. The molecule has 0 aromatic heterocycles. The van der Waals surface area contributed by atoms with E-state index < -0.39 is 0 Å². The molecule has 1 N–H and O–H groups in total. The first kappa shape index (κ1) is 17.3. The van der Waals surface area contributed by atoms with Crippen molar-refractivity contribution in [3.63, 3.8) is 0 Å². The van der Waals surface area contributed by atoms with Gasteiger partial charge in [-0.3, -0.25) is 0 Å². The summed E-state index contributed by atoms with van der Waals surface area (Å²) in [5.41, 5.74) is 2.80. The standard InChI is InChI=1S/C24H27NO/c1-19(22-13-7-9-20-8-5-6-12-23(20)22)26-18-24(14-16-25-17-15-24)21-10-3-2-4-11-21/h2-13,19,25H,14-18H2,1H3. The Morgan fingerprint density at radius 1 is 0.885 bits per heavy atom. The van der Waals surface area contributed by atoms with E-state index in [1.165, 1.54) is 21.9 Å². The van der Waals surface area contributed by atoms with Crippen LogP contribution in [0.4, 0.5) is 0 Å². The number of fused-ring (bicyclic) bond motifs is 1. The first-order valence-electron chi connectivity index (χ1n) is 9.64. The predicted octanol–water partition coefficient (Wildman–Crippen LogP) is 5.24. The first-order chi connectivity index (χ1) is 12.8. The van der Waals surface area contributed by atoms with Crippen molar-refractivity contribution in [2.24, 2.45) is 0 Å². The summed E-state index contributed by atoms with van der Waals surface area (Å²) >= 11 is 0. The second-order valence-corrected chi connectivity index (χ2v) is 7.42. The lowest BCUT2D eigenvalue weighted by atomic mass is 9.74. The minimum absolute atomic E-state index is 0.0802. The van der Waals surface area contributed by atoms with Crippen LogP contribution in [0.2, 0.25) is 0 Å². The molecule has 0 amide bonds. The van der Waals surface area contributed by atoms with E-state index in [1.54, 1.807) is 0 Å². The second-order valence-electron chi connectivity index (χ2n) is 7.42. The van der Waals surface area contributed by atoms with Gasteiger partial charge in [-0.1, -0.05) is 72.8 Å². The molecule has 4 rings (SSSR count). The van der Waals surface area contributed by atoms with E-state index in [0.717, 1.165) is 32.5 Å². The van der Waals surface area contributed by atoms with Crippen molar-refractivity contribution in [3.8, 4) is 0 Å². The molecule has 134 valence electrons. The molecule has 1 heterocycles. The molecule has 0 spiro atoms. The number of hydrogen-bond donors (Lipinski definition) is 1. The molecule has 0 radical (unpaired) electrons. The fourth-order valence-corrected chi connectivity index (χ4v) is 4.19. The van der Waals surface area contributed by atoms with Gasteiger partial charge < -0.3 is 10.1 Å². The van der Waals surface area contributed by atoms with Crippen molar-refractivity contribution in [3.05, 3.63) is 83.9 Å². The lowest BCUT2D eigenvalue weighted by molar-refractivity contribution is 0.0173. The summed E-state index contributed by atoms with van der Waals surface area (Å²) in [5.74, 6) is 0. The van der Waals surface area contributed by atoms with Crippen molar-refractivity contribution in [2.45, 2.75) is 31.3 Å². The number of hydrogen-bond acceptors (Lipinski definition) is 2. The van der Waals surface area contributed by atoms with Crippen LogP contribution in [-0.4, -0.2) is 19.7 Å². The topological polar surface area (TPSA) is 21.3 Å². The van der Waals surface area contributed by atoms with Gasteiger partial charge in [-0.2, -0.15) is 0 Å². The molecule has 1 saturated heterocycles. The molecule has 1 fully saturated rings. The first-order valence-corrected chi connectivity index (χ1v) is 9.64. The highest BCUT2D eigenvalue weighted by molar-refractivity contribution is 5.85. The maximum atomic E-state index is 6.51. The van der Waals surface area contributed by atoms with Crippen molar-refractivity contribution in [1.29, 1.82) is 0 Å². The van der Waals surface area contributed by atoms with Gasteiger partial charge in [-0.05, 0) is 54.8 Å². The molecular formula is C24H27NO. The molecule has 0 bridgehead atoms.